The van der Waals surface area contributed by atoms with E-state index >= 15 is 0 Å². The lowest BCUT2D eigenvalue weighted by Crippen LogP contribution is -2.32. The minimum absolute atomic E-state index is 0.204. The molecule has 0 radical (unpaired) electrons. The van der Waals surface area contributed by atoms with E-state index in [1.54, 1.807) is 12.1 Å². The number of piperidine rings is 1. The number of hydrogen-bond donors (Lipinski definition) is 1. The van der Waals surface area contributed by atoms with E-state index in [0.717, 1.165) is 37.1 Å². The second-order valence-electron chi connectivity index (χ2n) is 7.54. The van der Waals surface area contributed by atoms with Crippen LogP contribution in [-0.4, -0.2) is 48.7 Å². The first-order chi connectivity index (χ1) is 14.5. The summed E-state index contributed by atoms with van der Waals surface area (Å²) in [6.07, 6.45) is 2.29. The fraction of sp³-hybridized carbons (Fsp3) is 0.364. The number of aromatic nitrogens is 2. The first-order valence-electron chi connectivity index (χ1n) is 9.91. The first-order valence-corrected chi connectivity index (χ1v) is 10.7. The normalized spacial score (nSPS) is 15.3. The predicted octanol–water partition coefficient (Wildman–Crippen LogP) is 5.00. The molecule has 1 fully saturated rings. The maximum Gasteiger partial charge on any atom is 0.318 e. The van der Waals surface area contributed by atoms with E-state index in [0.29, 0.717) is 34.0 Å². The van der Waals surface area contributed by atoms with Crippen molar-refractivity contribution in [3.05, 3.63) is 46.7 Å². The number of fused-ring (bicyclic) bond motifs is 1. The number of nitrogens with zero attached hydrogens (tertiary/aromatic N) is 3. The van der Waals surface area contributed by atoms with Crippen LogP contribution in [0, 0.1) is 11.7 Å². The van der Waals surface area contributed by atoms with Gasteiger partial charge in [-0.3, -0.25) is 0 Å². The van der Waals surface area contributed by atoms with Gasteiger partial charge in [0, 0.05) is 15.9 Å². The molecule has 0 bridgehead atoms. The van der Waals surface area contributed by atoms with Crippen molar-refractivity contribution in [3.8, 4) is 11.8 Å². The zero-order valence-corrected chi connectivity index (χ0v) is 18.6. The summed E-state index contributed by atoms with van der Waals surface area (Å²) in [4.78, 5) is 11.1. The quantitative estimate of drug-likeness (QED) is 0.542. The molecule has 3 aromatic rings. The van der Waals surface area contributed by atoms with E-state index in [1.165, 1.54) is 13.2 Å². The molecule has 2 heterocycles. The van der Waals surface area contributed by atoms with Crippen LogP contribution in [0.3, 0.4) is 0 Å². The van der Waals surface area contributed by atoms with Gasteiger partial charge >= 0.3 is 6.01 Å². The Labute approximate surface area is 183 Å². The van der Waals surface area contributed by atoms with Crippen molar-refractivity contribution in [1.82, 2.24) is 14.9 Å². The second-order valence-corrected chi connectivity index (χ2v) is 8.46. The number of hydrogen-bond acceptors (Lipinski definition) is 6. The molecular weight excluding hydrogens is 451 g/mol. The van der Waals surface area contributed by atoms with Gasteiger partial charge in [-0.05, 0) is 69.2 Å². The van der Waals surface area contributed by atoms with Crippen molar-refractivity contribution < 1.29 is 13.9 Å². The molecule has 0 unspecified atom stereocenters. The number of rotatable bonds is 6. The summed E-state index contributed by atoms with van der Waals surface area (Å²) in [5, 5.41) is 3.81. The molecule has 2 aromatic carbocycles. The van der Waals surface area contributed by atoms with E-state index < -0.39 is 0 Å². The van der Waals surface area contributed by atoms with Crippen LogP contribution in [0.25, 0.3) is 10.9 Å². The van der Waals surface area contributed by atoms with Gasteiger partial charge in [0.25, 0.3) is 0 Å². The number of methoxy groups -OCH3 is 1. The number of benzene rings is 2. The smallest absolute Gasteiger partial charge is 0.318 e. The van der Waals surface area contributed by atoms with E-state index in [2.05, 4.69) is 43.2 Å². The molecule has 1 saturated heterocycles. The average Bonchev–Trinajstić information content (AvgIpc) is 2.74. The van der Waals surface area contributed by atoms with Crippen molar-refractivity contribution in [2.45, 2.75) is 12.8 Å². The Morgan fingerprint density at radius 3 is 2.70 bits per heavy atom. The Morgan fingerprint density at radius 1 is 1.17 bits per heavy atom. The molecule has 1 aliphatic heterocycles. The van der Waals surface area contributed by atoms with Crippen LogP contribution in [0.4, 0.5) is 15.9 Å². The van der Waals surface area contributed by atoms with Crippen LogP contribution in [-0.2, 0) is 0 Å². The van der Waals surface area contributed by atoms with Crippen LogP contribution >= 0.6 is 15.9 Å². The van der Waals surface area contributed by atoms with E-state index in [9.17, 15) is 4.39 Å². The summed E-state index contributed by atoms with van der Waals surface area (Å²) in [6.45, 7) is 2.91. The van der Waals surface area contributed by atoms with Gasteiger partial charge in [-0.1, -0.05) is 15.9 Å². The molecule has 158 valence electrons. The lowest BCUT2D eigenvalue weighted by molar-refractivity contribution is 0.160. The Bertz CT molecular complexity index is 1040. The summed E-state index contributed by atoms with van der Waals surface area (Å²) in [5.41, 5.74) is 0.991. The van der Waals surface area contributed by atoms with E-state index in [4.69, 9.17) is 9.47 Å². The number of anilines is 2. The Balaban J connectivity index is 1.57. The first kappa shape index (κ1) is 20.8. The maximum absolute atomic E-state index is 14.3. The van der Waals surface area contributed by atoms with Crippen molar-refractivity contribution in [2.75, 3.05) is 39.2 Å². The van der Waals surface area contributed by atoms with Gasteiger partial charge in [-0.15, -0.1) is 0 Å². The minimum atomic E-state index is -0.381. The zero-order chi connectivity index (χ0) is 21.1. The molecule has 0 aliphatic carbocycles. The summed E-state index contributed by atoms with van der Waals surface area (Å²) in [5.74, 6) is 1.41. The van der Waals surface area contributed by atoms with Crippen LogP contribution < -0.4 is 14.8 Å². The number of ether oxygens (including phenoxy) is 2. The second kappa shape index (κ2) is 9.14. The van der Waals surface area contributed by atoms with Crippen molar-refractivity contribution >= 4 is 38.3 Å². The standard InChI is InChI=1S/C22H24BrFN4O2/c1-28-9-7-14(8-10-28)13-30-16-4-5-17-20(12-16)26-22(29-2)27-21(17)25-19-6-3-15(23)11-18(19)24/h3-6,11-12,14H,7-10,13H2,1-2H3,(H,25,26,27). The van der Waals surface area contributed by atoms with Crippen molar-refractivity contribution in [2.24, 2.45) is 5.92 Å². The van der Waals surface area contributed by atoms with Gasteiger partial charge < -0.3 is 19.7 Å². The number of halogens is 2. The third-order valence-electron chi connectivity index (χ3n) is 5.34. The molecule has 1 N–H and O–H groups in total. The molecule has 0 amide bonds. The molecule has 4 rings (SSSR count). The Hall–Kier alpha value is -2.45. The van der Waals surface area contributed by atoms with Gasteiger partial charge in [0.05, 0.1) is 24.9 Å². The largest absolute Gasteiger partial charge is 0.493 e. The van der Waals surface area contributed by atoms with Gasteiger partial charge in [-0.25, -0.2) is 4.39 Å². The van der Waals surface area contributed by atoms with Crippen molar-refractivity contribution in [3.63, 3.8) is 0 Å². The fourth-order valence-electron chi connectivity index (χ4n) is 3.53. The van der Waals surface area contributed by atoms with Gasteiger partial charge in [0.1, 0.15) is 17.4 Å². The molecule has 8 heteroatoms. The predicted molar refractivity (Wildman–Crippen MR) is 119 cm³/mol. The van der Waals surface area contributed by atoms with Gasteiger partial charge in [-0.2, -0.15) is 9.97 Å². The van der Waals surface area contributed by atoms with Crippen LogP contribution in [0.15, 0.2) is 40.9 Å². The third kappa shape index (κ3) is 4.82. The zero-order valence-electron chi connectivity index (χ0n) is 17.0. The van der Waals surface area contributed by atoms with Gasteiger partial charge in [0.15, 0.2) is 0 Å². The van der Waals surface area contributed by atoms with E-state index in [1.807, 2.05) is 18.2 Å². The number of nitrogens with one attached hydrogen (secondary N) is 1. The average molecular weight is 475 g/mol. The summed E-state index contributed by atoms with van der Waals surface area (Å²) >= 11 is 3.27. The van der Waals surface area contributed by atoms with E-state index in [-0.39, 0.29) is 11.8 Å². The molecule has 0 atom stereocenters. The maximum atomic E-state index is 14.3. The highest BCUT2D eigenvalue weighted by Gasteiger charge is 2.18. The SMILES string of the molecule is COc1nc(Nc2ccc(Br)cc2F)c2ccc(OCC3CCN(C)CC3)cc2n1. The lowest BCUT2D eigenvalue weighted by Gasteiger charge is -2.28. The minimum Gasteiger partial charge on any atom is -0.493 e. The molecule has 0 spiro atoms. The van der Waals surface area contributed by atoms with Crippen molar-refractivity contribution in [1.29, 1.82) is 0 Å². The molecule has 1 aromatic heterocycles. The fourth-order valence-corrected chi connectivity index (χ4v) is 3.86. The molecule has 1 aliphatic rings. The molecule has 30 heavy (non-hydrogen) atoms. The Morgan fingerprint density at radius 2 is 1.97 bits per heavy atom. The molecular formula is C22H24BrFN4O2. The van der Waals surface area contributed by atoms with Crippen LogP contribution in [0.1, 0.15) is 12.8 Å². The summed E-state index contributed by atoms with van der Waals surface area (Å²) in [7, 11) is 3.66. The monoisotopic (exact) mass is 474 g/mol. The number of likely N-dealkylation sites (tertiary alicyclic amines) is 1. The summed E-state index contributed by atoms with van der Waals surface area (Å²) < 4.78 is 26.3. The highest BCUT2D eigenvalue weighted by atomic mass is 79.9. The highest BCUT2D eigenvalue weighted by Crippen LogP contribution is 2.30. The topological polar surface area (TPSA) is 59.5 Å². The molecule has 6 nitrogen and oxygen atoms in total. The van der Waals surface area contributed by atoms with Gasteiger partial charge in [0.2, 0.25) is 0 Å². The third-order valence-corrected chi connectivity index (χ3v) is 5.83. The van der Waals surface area contributed by atoms with Crippen LogP contribution in [0.2, 0.25) is 0 Å². The Kier molecular flexibility index (Phi) is 6.34. The highest BCUT2D eigenvalue weighted by molar-refractivity contribution is 9.10. The summed E-state index contributed by atoms with van der Waals surface area (Å²) in [6, 6.07) is 10.7. The van der Waals surface area contributed by atoms with Crippen LogP contribution in [0.5, 0.6) is 11.8 Å². The molecule has 0 saturated carbocycles. The lowest BCUT2D eigenvalue weighted by atomic mass is 9.98.